The number of aromatic nitrogens is 1. The summed E-state index contributed by atoms with van der Waals surface area (Å²) < 4.78 is 38.1. The zero-order chi connectivity index (χ0) is 19.8. The van der Waals surface area contributed by atoms with E-state index in [2.05, 4.69) is 4.98 Å². The number of hydrogen-bond acceptors (Lipinski definition) is 2. The second-order valence-corrected chi connectivity index (χ2v) is 5.95. The van der Waals surface area contributed by atoms with E-state index in [1.165, 1.54) is 12.1 Å². The average Bonchev–Trinajstić information content (AvgIpc) is 2.98. The summed E-state index contributed by atoms with van der Waals surface area (Å²) in [6.07, 6.45) is -4.98. The van der Waals surface area contributed by atoms with E-state index >= 15 is 0 Å². The van der Waals surface area contributed by atoms with Crippen LogP contribution in [-0.2, 0) is 0 Å². The molecule has 0 atom stereocenters. The van der Waals surface area contributed by atoms with Gasteiger partial charge >= 0.3 is 12.1 Å². The minimum absolute atomic E-state index is 0.0683. The quantitative estimate of drug-likeness (QED) is 0.625. The zero-order valence-electron chi connectivity index (χ0n) is 14.1. The Hall–Kier alpha value is -3.35. The zero-order valence-corrected chi connectivity index (χ0v) is 14.1. The molecule has 0 saturated heterocycles. The van der Waals surface area contributed by atoms with Crippen LogP contribution in [0.2, 0.25) is 0 Å². The SMILES string of the molecule is Cc1c(-c2cccc(C(=O)C(F)(F)F)c2)[nH]c(C(=O)O)c1-c1ccccc1. The molecule has 0 fully saturated rings. The van der Waals surface area contributed by atoms with Gasteiger partial charge in [-0.2, -0.15) is 13.2 Å². The van der Waals surface area contributed by atoms with Crippen LogP contribution in [0.5, 0.6) is 0 Å². The van der Waals surface area contributed by atoms with E-state index in [1.807, 2.05) is 0 Å². The lowest BCUT2D eigenvalue weighted by molar-refractivity contribution is -0.0885. The fraction of sp³-hybridized carbons (Fsp3) is 0.100. The number of carboxylic acids is 1. The maximum atomic E-state index is 12.7. The van der Waals surface area contributed by atoms with E-state index in [0.29, 0.717) is 27.9 Å². The predicted octanol–water partition coefficient (Wildman–Crippen LogP) is 5.10. The molecular weight excluding hydrogens is 359 g/mol. The lowest BCUT2D eigenvalue weighted by Crippen LogP contribution is -2.22. The number of rotatable bonds is 4. The smallest absolute Gasteiger partial charge is 0.454 e. The molecule has 138 valence electrons. The van der Waals surface area contributed by atoms with Crippen molar-refractivity contribution in [3.63, 3.8) is 0 Å². The van der Waals surface area contributed by atoms with Gasteiger partial charge in [0, 0.05) is 16.8 Å². The lowest BCUT2D eigenvalue weighted by atomic mass is 9.98. The van der Waals surface area contributed by atoms with Crippen LogP contribution >= 0.6 is 0 Å². The van der Waals surface area contributed by atoms with Gasteiger partial charge in [-0.3, -0.25) is 4.79 Å². The van der Waals surface area contributed by atoms with E-state index in [1.54, 1.807) is 37.3 Å². The van der Waals surface area contributed by atoms with E-state index < -0.39 is 23.5 Å². The van der Waals surface area contributed by atoms with Crippen molar-refractivity contribution in [1.82, 2.24) is 4.98 Å². The number of ketones is 1. The van der Waals surface area contributed by atoms with E-state index in [-0.39, 0.29) is 5.69 Å². The van der Waals surface area contributed by atoms with Crippen LogP contribution in [0.15, 0.2) is 54.6 Å². The lowest BCUT2D eigenvalue weighted by Gasteiger charge is -2.07. The fourth-order valence-corrected chi connectivity index (χ4v) is 2.99. The monoisotopic (exact) mass is 373 g/mol. The van der Waals surface area contributed by atoms with Gasteiger partial charge in [0.05, 0.1) is 0 Å². The third-order valence-corrected chi connectivity index (χ3v) is 4.20. The molecule has 3 rings (SSSR count). The molecule has 0 aliphatic rings. The van der Waals surface area contributed by atoms with Gasteiger partial charge in [-0.1, -0.05) is 48.5 Å². The maximum absolute atomic E-state index is 12.7. The standard InChI is InChI=1S/C20H14F3NO3/c1-11-15(12-6-3-2-4-7-12)17(19(26)27)24-16(11)13-8-5-9-14(10-13)18(25)20(21,22)23/h2-10,24H,1H3,(H,26,27). The summed E-state index contributed by atoms with van der Waals surface area (Å²) in [6, 6.07) is 13.8. The van der Waals surface area contributed by atoms with Crippen LogP contribution in [-0.4, -0.2) is 28.0 Å². The number of halogens is 3. The van der Waals surface area contributed by atoms with Crippen molar-refractivity contribution in [1.29, 1.82) is 0 Å². The fourth-order valence-electron chi connectivity index (χ4n) is 2.99. The van der Waals surface area contributed by atoms with Crippen molar-refractivity contribution in [3.05, 3.63) is 71.4 Å². The van der Waals surface area contributed by atoms with E-state index in [9.17, 15) is 27.9 Å². The average molecular weight is 373 g/mol. The van der Waals surface area contributed by atoms with Crippen molar-refractivity contribution in [2.75, 3.05) is 0 Å². The number of Topliss-reactive ketones (excluding diaryl/α,β-unsaturated/α-hetero) is 1. The highest BCUT2D eigenvalue weighted by Gasteiger charge is 2.39. The second-order valence-electron chi connectivity index (χ2n) is 5.95. The molecule has 0 spiro atoms. The van der Waals surface area contributed by atoms with Crippen molar-refractivity contribution in [2.24, 2.45) is 0 Å². The molecule has 0 bridgehead atoms. The van der Waals surface area contributed by atoms with Crippen molar-refractivity contribution in [3.8, 4) is 22.4 Å². The Morgan fingerprint density at radius 3 is 2.19 bits per heavy atom. The van der Waals surface area contributed by atoms with Crippen LogP contribution in [0.1, 0.15) is 26.4 Å². The van der Waals surface area contributed by atoms with Crippen LogP contribution in [0, 0.1) is 6.92 Å². The molecule has 3 aromatic rings. The first-order valence-corrected chi connectivity index (χ1v) is 7.93. The number of H-pyrrole nitrogens is 1. The molecule has 4 nitrogen and oxygen atoms in total. The van der Waals surface area contributed by atoms with E-state index in [4.69, 9.17) is 0 Å². The summed E-state index contributed by atoms with van der Waals surface area (Å²) in [7, 11) is 0. The Labute approximate surface area is 152 Å². The van der Waals surface area contributed by atoms with Gasteiger partial charge in [-0.25, -0.2) is 4.79 Å². The van der Waals surface area contributed by atoms with Crippen LogP contribution in [0.25, 0.3) is 22.4 Å². The number of aromatic carboxylic acids is 1. The predicted molar refractivity (Wildman–Crippen MR) is 93.7 cm³/mol. The Kier molecular flexibility index (Phi) is 4.61. The van der Waals surface area contributed by atoms with Gasteiger partial charge in [0.15, 0.2) is 0 Å². The first-order chi connectivity index (χ1) is 12.7. The van der Waals surface area contributed by atoms with E-state index in [0.717, 1.165) is 12.1 Å². The highest BCUT2D eigenvalue weighted by molar-refractivity contribution is 6.02. The molecule has 1 aromatic heterocycles. The number of carbonyl (C=O) groups is 2. The Morgan fingerprint density at radius 2 is 1.59 bits per heavy atom. The number of carbonyl (C=O) groups excluding carboxylic acids is 1. The van der Waals surface area contributed by atoms with Crippen LogP contribution in [0.3, 0.4) is 0 Å². The van der Waals surface area contributed by atoms with Crippen molar-refractivity contribution in [2.45, 2.75) is 13.1 Å². The molecule has 1 heterocycles. The van der Waals surface area contributed by atoms with Gasteiger partial charge in [-0.05, 0) is 29.7 Å². The highest BCUT2D eigenvalue weighted by Crippen LogP contribution is 2.35. The molecule has 0 radical (unpaired) electrons. The molecule has 0 aliphatic heterocycles. The summed E-state index contributed by atoms with van der Waals surface area (Å²) in [4.78, 5) is 25.9. The maximum Gasteiger partial charge on any atom is 0.454 e. The van der Waals surface area contributed by atoms with Gasteiger partial charge in [0.2, 0.25) is 0 Å². The molecule has 27 heavy (non-hydrogen) atoms. The molecule has 0 unspecified atom stereocenters. The normalized spacial score (nSPS) is 11.4. The minimum Gasteiger partial charge on any atom is -0.477 e. The van der Waals surface area contributed by atoms with Gasteiger partial charge < -0.3 is 10.1 Å². The molecule has 0 saturated carbocycles. The number of benzene rings is 2. The van der Waals surface area contributed by atoms with Gasteiger partial charge in [0.25, 0.3) is 5.78 Å². The Morgan fingerprint density at radius 1 is 0.963 bits per heavy atom. The number of alkyl halides is 3. The molecule has 0 amide bonds. The third-order valence-electron chi connectivity index (χ3n) is 4.20. The molecular formula is C20H14F3NO3. The molecule has 2 N–H and O–H groups in total. The summed E-state index contributed by atoms with van der Waals surface area (Å²) >= 11 is 0. The Balaban J connectivity index is 2.17. The number of aromatic amines is 1. The first kappa shape index (κ1) is 18.4. The van der Waals surface area contributed by atoms with Crippen LogP contribution < -0.4 is 0 Å². The third kappa shape index (κ3) is 3.48. The highest BCUT2D eigenvalue weighted by atomic mass is 19.4. The molecule has 2 aromatic carbocycles. The summed E-state index contributed by atoms with van der Waals surface area (Å²) in [5.41, 5.74) is 1.75. The summed E-state index contributed by atoms with van der Waals surface area (Å²) in [5.74, 6) is -3.14. The minimum atomic E-state index is -4.98. The number of carboxylic acid groups (broad SMARTS) is 1. The van der Waals surface area contributed by atoms with Crippen LogP contribution in [0.4, 0.5) is 13.2 Å². The second kappa shape index (κ2) is 6.75. The van der Waals surface area contributed by atoms with Crippen molar-refractivity contribution >= 4 is 11.8 Å². The first-order valence-electron chi connectivity index (χ1n) is 7.93. The summed E-state index contributed by atoms with van der Waals surface area (Å²) in [6.45, 7) is 1.68. The largest absolute Gasteiger partial charge is 0.477 e. The Bertz CT molecular complexity index is 1020. The summed E-state index contributed by atoms with van der Waals surface area (Å²) in [5, 5.41) is 9.53. The van der Waals surface area contributed by atoms with Gasteiger partial charge in [0.1, 0.15) is 5.69 Å². The van der Waals surface area contributed by atoms with Gasteiger partial charge in [-0.15, -0.1) is 0 Å². The number of nitrogens with one attached hydrogen (secondary N) is 1. The molecule has 7 heteroatoms. The molecule has 0 aliphatic carbocycles. The number of hydrogen-bond donors (Lipinski definition) is 2. The van der Waals surface area contributed by atoms with Crippen molar-refractivity contribution < 1.29 is 27.9 Å². The topological polar surface area (TPSA) is 70.2 Å².